The van der Waals surface area contributed by atoms with Crippen molar-refractivity contribution in [1.82, 2.24) is 4.90 Å². The van der Waals surface area contributed by atoms with Gasteiger partial charge in [0.2, 0.25) is 0 Å². The summed E-state index contributed by atoms with van der Waals surface area (Å²) in [5.74, 6) is 5.18. The Hall–Kier alpha value is -1.67. The monoisotopic (exact) mass is 302 g/mol. The Morgan fingerprint density at radius 1 is 1.38 bits per heavy atom. The third-order valence-electron chi connectivity index (χ3n) is 3.40. The molecule has 0 aliphatic heterocycles. The fourth-order valence-corrected chi connectivity index (χ4v) is 2.93. The van der Waals surface area contributed by atoms with E-state index in [1.165, 1.54) is 10.9 Å². The van der Waals surface area contributed by atoms with Crippen LogP contribution in [0.3, 0.4) is 0 Å². The van der Waals surface area contributed by atoms with Crippen LogP contribution in [0.15, 0.2) is 35.7 Å². The molecule has 0 spiro atoms. The first kappa shape index (κ1) is 15.7. The molecule has 0 aliphatic carbocycles. The van der Waals surface area contributed by atoms with Crippen LogP contribution in [0.5, 0.6) is 0 Å². The topological polar surface area (TPSA) is 29.3 Å². The smallest absolute Gasteiger partial charge is 0.138 e. The van der Waals surface area contributed by atoms with Crippen molar-refractivity contribution < 1.29 is 4.39 Å². The Balaban J connectivity index is 2.12. The second-order valence-electron chi connectivity index (χ2n) is 4.93. The van der Waals surface area contributed by atoms with Gasteiger partial charge < -0.3 is 5.73 Å². The van der Waals surface area contributed by atoms with Gasteiger partial charge in [-0.15, -0.1) is 11.3 Å². The molecule has 2 rings (SSSR count). The van der Waals surface area contributed by atoms with Gasteiger partial charge in [0, 0.05) is 17.5 Å². The van der Waals surface area contributed by atoms with Gasteiger partial charge in [-0.25, -0.2) is 4.39 Å². The Bertz CT molecular complexity index is 641. The summed E-state index contributed by atoms with van der Waals surface area (Å²) in [5.41, 5.74) is 6.79. The number of nitrogens with two attached hydrogens (primary N) is 1. The Labute approximate surface area is 129 Å². The molecule has 21 heavy (non-hydrogen) atoms. The molecule has 0 radical (unpaired) electrons. The van der Waals surface area contributed by atoms with E-state index in [9.17, 15) is 4.39 Å². The Kier molecular flexibility index (Phi) is 5.51. The number of benzene rings is 1. The van der Waals surface area contributed by atoms with Crippen molar-refractivity contribution in [1.29, 1.82) is 0 Å². The lowest BCUT2D eigenvalue weighted by molar-refractivity contribution is 0.256. The highest BCUT2D eigenvalue weighted by Crippen LogP contribution is 2.25. The summed E-state index contributed by atoms with van der Waals surface area (Å²) in [6.45, 7) is 3.15. The average molecular weight is 302 g/mol. The zero-order valence-corrected chi connectivity index (χ0v) is 13.1. The van der Waals surface area contributed by atoms with Crippen LogP contribution in [0.4, 0.5) is 4.39 Å². The van der Waals surface area contributed by atoms with E-state index in [1.807, 2.05) is 0 Å². The predicted molar refractivity (Wildman–Crippen MR) is 86.5 cm³/mol. The molecule has 110 valence electrons. The molecule has 0 saturated carbocycles. The lowest BCUT2D eigenvalue weighted by atomic mass is 10.1. The van der Waals surface area contributed by atoms with Crippen LogP contribution in [0, 0.1) is 17.7 Å². The van der Waals surface area contributed by atoms with Gasteiger partial charge >= 0.3 is 0 Å². The number of nitrogens with zero attached hydrogens (tertiary/aromatic N) is 1. The standard InChI is InChI=1S/C17H19FN2S/c1-13(17-6-4-10-21-17)20(2)12-14-7-8-16(18)15(11-14)5-3-9-19/h4,6-8,10-11,13H,9,12,19H2,1-2H3. The first-order valence-electron chi connectivity index (χ1n) is 6.83. The summed E-state index contributed by atoms with van der Waals surface area (Å²) in [4.78, 5) is 3.56. The van der Waals surface area contributed by atoms with Crippen LogP contribution in [0.1, 0.15) is 29.0 Å². The van der Waals surface area contributed by atoms with E-state index in [0.29, 0.717) is 11.6 Å². The van der Waals surface area contributed by atoms with Crippen molar-refractivity contribution in [3.63, 3.8) is 0 Å². The highest BCUT2D eigenvalue weighted by molar-refractivity contribution is 7.10. The molecule has 1 aromatic carbocycles. The van der Waals surface area contributed by atoms with Crippen molar-refractivity contribution in [2.45, 2.75) is 19.5 Å². The molecule has 0 bridgehead atoms. The fraction of sp³-hybridized carbons (Fsp3) is 0.294. The van der Waals surface area contributed by atoms with Gasteiger partial charge in [-0.3, -0.25) is 4.90 Å². The first-order chi connectivity index (χ1) is 10.1. The fourth-order valence-electron chi connectivity index (χ4n) is 2.08. The number of rotatable bonds is 4. The van der Waals surface area contributed by atoms with Crippen LogP contribution in [0.25, 0.3) is 0 Å². The second kappa shape index (κ2) is 7.37. The van der Waals surface area contributed by atoms with Gasteiger partial charge in [0.15, 0.2) is 0 Å². The largest absolute Gasteiger partial charge is 0.320 e. The lowest BCUT2D eigenvalue weighted by Gasteiger charge is -2.24. The van der Waals surface area contributed by atoms with E-state index < -0.39 is 0 Å². The molecule has 2 aromatic rings. The first-order valence-corrected chi connectivity index (χ1v) is 7.70. The zero-order chi connectivity index (χ0) is 15.2. The molecule has 2 nitrogen and oxygen atoms in total. The second-order valence-corrected chi connectivity index (χ2v) is 5.91. The van der Waals surface area contributed by atoms with Crippen LogP contribution in [-0.4, -0.2) is 18.5 Å². The SMILES string of the molecule is CC(c1cccs1)N(C)Cc1ccc(F)c(C#CCN)c1. The summed E-state index contributed by atoms with van der Waals surface area (Å²) in [7, 11) is 2.07. The minimum Gasteiger partial charge on any atom is -0.320 e. The highest BCUT2D eigenvalue weighted by Gasteiger charge is 2.13. The normalized spacial score (nSPS) is 12.0. The molecule has 1 atom stereocenters. The number of hydrogen-bond donors (Lipinski definition) is 1. The van der Waals surface area contributed by atoms with Crippen LogP contribution < -0.4 is 5.73 Å². The van der Waals surface area contributed by atoms with E-state index in [2.05, 4.69) is 48.2 Å². The van der Waals surface area contributed by atoms with Crippen LogP contribution in [0.2, 0.25) is 0 Å². The number of halogens is 1. The summed E-state index contributed by atoms with van der Waals surface area (Å²) < 4.78 is 13.7. The lowest BCUT2D eigenvalue weighted by Crippen LogP contribution is -2.21. The quantitative estimate of drug-likeness (QED) is 0.877. The van der Waals surface area contributed by atoms with Gasteiger partial charge in [-0.05, 0) is 43.1 Å². The Morgan fingerprint density at radius 2 is 2.19 bits per heavy atom. The molecule has 1 aromatic heterocycles. The van der Waals surface area contributed by atoms with Crippen molar-refractivity contribution >= 4 is 11.3 Å². The van der Waals surface area contributed by atoms with Gasteiger partial charge in [0.05, 0.1) is 12.1 Å². The van der Waals surface area contributed by atoms with Crippen molar-refractivity contribution in [3.8, 4) is 11.8 Å². The third-order valence-corrected chi connectivity index (χ3v) is 4.45. The summed E-state index contributed by atoms with van der Waals surface area (Å²) in [6.07, 6.45) is 0. The van der Waals surface area contributed by atoms with Gasteiger partial charge in [0.25, 0.3) is 0 Å². The van der Waals surface area contributed by atoms with E-state index >= 15 is 0 Å². The highest BCUT2D eigenvalue weighted by atomic mass is 32.1. The molecule has 0 aliphatic rings. The number of thiophene rings is 1. The summed E-state index contributed by atoms with van der Waals surface area (Å²) >= 11 is 1.75. The van der Waals surface area contributed by atoms with E-state index in [0.717, 1.165) is 12.1 Å². The molecular formula is C17H19FN2S. The molecule has 0 fully saturated rings. The van der Waals surface area contributed by atoms with Gasteiger partial charge in [-0.1, -0.05) is 24.0 Å². The van der Waals surface area contributed by atoms with E-state index in [-0.39, 0.29) is 12.4 Å². The maximum absolute atomic E-state index is 13.7. The van der Waals surface area contributed by atoms with Gasteiger partial charge in [-0.2, -0.15) is 0 Å². The molecule has 1 unspecified atom stereocenters. The molecule has 1 heterocycles. The molecule has 4 heteroatoms. The van der Waals surface area contributed by atoms with Crippen LogP contribution in [-0.2, 0) is 6.54 Å². The minimum absolute atomic E-state index is 0.235. The predicted octanol–water partition coefficient (Wildman–Crippen LogP) is 3.39. The Morgan fingerprint density at radius 3 is 2.86 bits per heavy atom. The summed E-state index contributed by atoms with van der Waals surface area (Å²) in [6, 6.07) is 9.60. The van der Waals surface area contributed by atoms with Crippen molar-refractivity contribution in [2.24, 2.45) is 5.73 Å². The molecular weight excluding hydrogens is 283 g/mol. The summed E-state index contributed by atoms with van der Waals surface area (Å²) in [5, 5.41) is 2.08. The average Bonchev–Trinajstić information content (AvgIpc) is 3.01. The maximum atomic E-state index is 13.7. The van der Waals surface area contributed by atoms with Gasteiger partial charge in [0.1, 0.15) is 5.82 Å². The van der Waals surface area contributed by atoms with E-state index in [1.54, 1.807) is 23.5 Å². The maximum Gasteiger partial charge on any atom is 0.138 e. The van der Waals surface area contributed by atoms with Crippen molar-refractivity contribution in [3.05, 3.63) is 57.5 Å². The van der Waals surface area contributed by atoms with Crippen molar-refractivity contribution in [2.75, 3.05) is 13.6 Å². The molecule has 2 N–H and O–H groups in total. The number of hydrogen-bond acceptors (Lipinski definition) is 3. The third kappa shape index (κ3) is 4.15. The van der Waals surface area contributed by atoms with E-state index in [4.69, 9.17) is 5.73 Å². The van der Waals surface area contributed by atoms with Crippen LogP contribution >= 0.6 is 11.3 Å². The zero-order valence-electron chi connectivity index (χ0n) is 12.3. The minimum atomic E-state index is -0.298. The molecule has 0 amide bonds. The molecule has 0 saturated heterocycles.